The lowest BCUT2D eigenvalue weighted by Gasteiger charge is -2.20. The van der Waals surface area contributed by atoms with E-state index in [4.69, 9.17) is 27.9 Å². The first-order valence-corrected chi connectivity index (χ1v) is 6.83. The van der Waals surface area contributed by atoms with Crippen molar-refractivity contribution in [3.8, 4) is 0 Å². The van der Waals surface area contributed by atoms with Crippen LogP contribution in [0.4, 0.5) is 0 Å². The standard InChI is InChI=1S/C14H17Cl2NO2/c1-2-19-14(18)11-17(10-13(16)8-15)9-12-6-4-3-5-7-12/h3-8H,2,9-11H2,1H3/b13-8-. The number of carbonyl (C=O) groups is 1. The second kappa shape index (κ2) is 8.97. The summed E-state index contributed by atoms with van der Waals surface area (Å²) in [6, 6.07) is 9.85. The van der Waals surface area contributed by atoms with Gasteiger partial charge >= 0.3 is 5.97 Å². The molecule has 0 unspecified atom stereocenters. The summed E-state index contributed by atoms with van der Waals surface area (Å²) in [6.07, 6.45) is 0. The molecule has 0 aromatic heterocycles. The molecule has 1 aromatic rings. The molecule has 0 fully saturated rings. The van der Waals surface area contributed by atoms with Crippen LogP contribution in [0.3, 0.4) is 0 Å². The van der Waals surface area contributed by atoms with Crippen LogP contribution in [0.5, 0.6) is 0 Å². The SMILES string of the molecule is CCOC(=O)CN(C/C(Cl)=C/Cl)Cc1ccccc1. The number of ether oxygens (including phenoxy) is 1. The maximum Gasteiger partial charge on any atom is 0.320 e. The quantitative estimate of drug-likeness (QED) is 0.723. The molecule has 0 heterocycles. The van der Waals surface area contributed by atoms with Crippen molar-refractivity contribution < 1.29 is 9.53 Å². The van der Waals surface area contributed by atoms with Crippen molar-refractivity contribution in [3.63, 3.8) is 0 Å². The number of halogens is 2. The molecule has 1 rings (SSSR count). The molecule has 0 aliphatic heterocycles. The van der Waals surface area contributed by atoms with E-state index in [9.17, 15) is 4.79 Å². The Balaban J connectivity index is 2.66. The van der Waals surface area contributed by atoms with E-state index in [1.165, 1.54) is 5.54 Å². The third-order valence-electron chi connectivity index (χ3n) is 2.40. The molecule has 0 saturated heterocycles. The number of benzene rings is 1. The fraction of sp³-hybridized carbons (Fsp3) is 0.357. The largest absolute Gasteiger partial charge is 0.465 e. The van der Waals surface area contributed by atoms with Crippen LogP contribution in [0.25, 0.3) is 0 Å². The number of rotatable bonds is 7. The van der Waals surface area contributed by atoms with E-state index in [1.54, 1.807) is 6.92 Å². The van der Waals surface area contributed by atoms with Gasteiger partial charge < -0.3 is 4.74 Å². The van der Waals surface area contributed by atoms with Crippen molar-refractivity contribution in [1.29, 1.82) is 0 Å². The summed E-state index contributed by atoms with van der Waals surface area (Å²) in [7, 11) is 0. The van der Waals surface area contributed by atoms with E-state index in [0.717, 1.165) is 5.56 Å². The highest BCUT2D eigenvalue weighted by Crippen LogP contribution is 2.10. The number of nitrogens with zero attached hydrogens (tertiary/aromatic N) is 1. The average Bonchev–Trinajstić information content (AvgIpc) is 2.39. The predicted molar refractivity (Wildman–Crippen MR) is 78.1 cm³/mol. The zero-order chi connectivity index (χ0) is 14.1. The molecule has 0 atom stereocenters. The van der Waals surface area contributed by atoms with Gasteiger partial charge in [0.15, 0.2) is 0 Å². The summed E-state index contributed by atoms with van der Waals surface area (Å²) >= 11 is 11.5. The Hall–Kier alpha value is -1.03. The van der Waals surface area contributed by atoms with Gasteiger partial charge in [0, 0.05) is 23.7 Å². The predicted octanol–water partition coefficient (Wildman–Crippen LogP) is 3.37. The van der Waals surface area contributed by atoms with Gasteiger partial charge in [-0.25, -0.2) is 0 Å². The van der Waals surface area contributed by atoms with Crippen LogP contribution in [-0.2, 0) is 16.1 Å². The molecule has 3 nitrogen and oxygen atoms in total. The molecule has 5 heteroatoms. The zero-order valence-electron chi connectivity index (χ0n) is 10.8. The summed E-state index contributed by atoms with van der Waals surface area (Å²) < 4.78 is 4.95. The van der Waals surface area contributed by atoms with E-state index < -0.39 is 0 Å². The molecule has 0 aliphatic carbocycles. The maximum atomic E-state index is 11.6. The van der Waals surface area contributed by atoms with Crippen LogP contribution >= 0.6 is 23.2 Å². The Kier molecular flexibility index (Phi) is 7.56. The summed E-state index contributed by atoms with van der Waals surface area (Å²) in [5, 5.41) is 0.488. The van der Waals surface area contributed by atoms with E-state index in [2.05, 4.69) is 0 Å². The van der Waals surface area contributed by atoms with Crippen molar-refractivity contribution in [2.75, 3.05) is 19.7 Å². The maximum absolute atomic E-state index is 11.6. The van der Waals surface area contributed by atoms with Gasteiger partial charge in [-0.05, 0) is 12.5 Å². The Morgan fingerprint density at radius 2 is 2.00 bits per heavy atom. The first kappa shape index (κ1) is 16.0. The molecule has 19 heavy (non-hydrogen) atoms. The molecule has 0 spiro atoms. The third-order valence-corrected chi connectivity index (χ3v) is 3.00. The lowest BCUT2D eigenvalue weighted by Crippen LogP contribution is -2.31. The molecule has 0 N–H and O–H groups in total. The molecule has 0 amide bonds. The van der Waals surface area contributed by atoms with Gasteiger partial charge in [-0.1, -0.05) is 53.5 Å². The zero-order valence-corrected chi connectivity index (χ0v) is 12.3. The molecule has 0 saturated carbocycles. The number of esters is 1. The van der Waals surface area contributed by atoms with Gasteiger partial charge in [-0.15, -0.1) is 0 Å². The molecule has 0 bridgehead atoms. The molecule has 0 aliphatic rings. The fourth-order valence-corrected chi connectivity index (χ4v) is 1.88. The monoisotopic (exact) mass is 301 g/mol. The van der Waals surface area contributed by atoms with Gasteiger partial charge in [0.05, 0.1) is 13.2 Å². The normalized spacial score (nSPS) is 11.7. The van der Waals surface area contributed by atoms with Crippen LogP contribution in [0.2, 0.25) is 0 Å². The lowest BCUT2D eigenvalue weighted by molar-refractivity contribution is -0.144. The number of hydrogen-bond acceptors (Lipinski definition) is 3. The van der Waals surface area contributed by atoms with E-state index in [0.29, 0.717) is 24.7 Å². The minimum absolute atomic E-state index is 0.184. The van der Waals surface area contributed by atoms with Gasteiger partial charge in [0.25, 0.3) is 0 Å². The van der Waals surface area contributed by atoms with Crippen molar-refractivity contribution in [3.05, 3.63) is 46.5 Å². The molecule has 1 aromatic carbocycles. The Bertz CT molecular complexity index is 421. The second-order valence-electron chi connectivity index (χ2n) is 3.99. The first-order valence-electron chi connectivity index (χ1n) is 6.02. The van der Waals surface area contributed by atoms with Crippen molar-refractivity contribution in [1.82, 2.24) is 4.90 Å². The van der Waals surface area contributed by atoms with Crippen LogP contribution in [0.1, 0.15) is 12.5 Å². The van der Waals surface area contributed by atoms with Crippen molar-refractivity contribution in [2.45, 2.75) is 13.5 Å². The fourth-order valence-electron chi connectivity index (χ4n) is 1.65. The highest BCUT2D eigenvalue weighted by Gasteiger charge is 2.13. The summed E-state index contributed by atoms with van der Waals surface area (Å²) in [6.45, 7) is 3.37. The highest BCUT2D eigenvalue weighted by molar-refractivity contribution is 6.36. The van der Waals surface area contributed by atoms with Crippen LogP contribution in [0.15, 0.2) is 40.9 Å². The second-order valence-corrected chi connectivity index (χ2v) is 4.70. The molecule has 104 valence electrons. The summed E-state index contributed by atoms with van der Waals surface area (Å²) in [4.78, 5) is 13.4. The van der Waals surface area contributed by atoms with Gasteiger partial charge in [0.1, 0.15) is 0 Å². The van der Waals surface area contributed by atoms with E-state index >= 15 is 0 Å². The highest BCUT2D eigenvalue weighted by atomic mass is 35.5. The number of hydrogen-bond donors (Lipinski definition) is 0. The van der Waals surface area contributed by atoms with Crippen molar-refractivity contribution >= 4 is 29.2 Å². The topological polar surface area (TPSA) is 29.5 Å². The Morgan fingerprint density at radius 3 is 2.58 bits per heavy atom. The third kappa shape index (κ3) is 6.62. The van der Waals surface area contributed by atoms with E-state index in [1.807, 2.05) is 35.2 Å². The molecular weight excluding hydrogens is 285 g/mol. The minimum atomic E-state index is -0.266. The van der Waals surface area contributed by atoms with Crippen LogP contribution in [-0.4, -0.2) is 30.6 Å². The Morgan fingerprint density at radius 1 is 1.32 bits per heavy atom. The smallest absolute Gasteiger partial charge is 0.320 e. The summed E-state index contributed by atoms with van der Waals surface area (Å²) in [5.41, 5.74) is 2.41. The molecular formula is C14H17Cl2NO2. The van der Waals surface area contributed by atoms with Crippen LogP contribution in [0, 0.1) is 0 Å². The average molecular weight is 302 g/mol. The van der Waals surface area contributed by atoms with Crippen LogP contribution < -0.4 is 0 Å². The van der Waals surface area contributed by atoms with Gasteiger partial charge in [-0.3, -0.25) is 9.69 Å². The lowest BCUT2D eigenvalue weighted by atomic mass is 10.2. The van der Waals surface area contributed by atoms with E-state index in [-0.39, 0.29) is 12.5 Å². The minimum Gasteiger partial charge on any atom is -0.465 e. The number of carbonyl (C=O) groups excluding carboxylic acids is 1. The molecule has 0 radical (unpaired) electrons. The van der Waals surface area contributed by atoms with Gasteiger partial charge in [-0.2, -0.15) is 0 Å². The summed E-state index contributed by atoms with van der Waals surface area (Å²) in [5.74, 6) is -0.266. The first-order chi connectivity index (χ1) is 9.15. The Labute approximate surface area is 123 Å². The van der Waals surface area contributed by atoms with Crippen molar-refractivity contribution in [2.24, 2.45) is 0 Å². The van der Waals surface area contributed by atoms with Gasteiger partial charge in [0.2, 0.25) is 0 Å².